The maximum atomic E-state index is 12.6. The Hall–Kier alpha value is -2.29. The molecule has 2 atom stereocenters. The summed E-state index contributed by atoms with van der Waals surface area (Å²) in [5.74, 6) is 0.703. The number of carbonyl (C=O) groups excluding carboxylic acids is 1. The van der Waals surface area contributed by atoms with Crippen LogP contribution in [-0.4, -0.2) is 12.0 Å². The standard InChI is InChI=1S/C20H25NO2/c1-4-17(16-12-7-6-8-13-16)21-20(22)18(5-2)23-19-14-10-9-11-15(19)3/h6-14,17-18H,4-5H2,1-3H3,(H,21,22). The zero-order chi connectivity index (χ0) is 16.7. The highest BCUT2D eigenvalue weighted by molar-refractivity contribution is 5.81. The normalized spacial score (nSPS) is 13.2. The van der Waals surface area contributed by atoms with Crippen LogP contribution in [0.4, 0.5) is 0 Å². The fourth-order valence-electron chi connectivity index (χ4n) is 2.54. The van der Waals surface area contributed by atoms with Gasteiger partial charge in [-0.05, 0) is 37.0 Å². The Labute approximate surface area is 138 Å². The van der Waals surface area contributed by atoms with Gasteiger partial charge in [-0.3, -0.25) is 4.79 Å². The maximum absolute atomic E-state index is 12.6. The number of amides is 1. The van der Waals surface area contributed by atoms with Crippen LogP contribution < -0.4 is 10.1 Å². The van der Waals surface area contributed by atoms with Crippen LogP contribution in [0.1, 0.15) is 43.9 Å². The van der Waals surface area contributed by atoms with Gasteiger partial charge in [-0.25, -0.2) is 0 Å². The van der Waals surface area contributed by atoms with E-state index in [1.165, 1.54) is 0 Å². The number of aryl methyl sites for hydroxylation is 1. The summed E-state index contributed by atoms with van der Waals surface area (Å²) >= 11 is 0. The summed E-state index contributed by atoms with van der Waals surface area (Å²) in [6.07, 6.45) is 0.996. The Balaban J connectivity index is 2.06. The fraction of sp³-hybridized carbons (Fsp3) is 0.350. The third-order valence-electron chi connectivity index (χ3n) is 3.95. The SMILES string of the molecule is CCC(Oc1ccccc1C)C(=O)NC(CC)c1ccccc1. The first-order valence-corrected chi connectivity index (χ1v) is 8.23. The van der Waals surface area contributed by atoms with E-state index in [0.717, 1.165) is 23.3 Å². The highest BCUT2D eigenvalue weighted by atomic mass is 16.5. The van der Waals surface area contributed by atoms with Gasteiger partial charge in [0.05, 0.1) is 6.04 Å². The van der Waals surface area contributed by atoms with Crippen LogP contribution in [0.25, 0.3) is 0 Å². The number of rotatable bonds is 7. The molecule has 122 valence electrons. The largest absolute Gasteiger partial charge is 0.480 e. The van der Waals surface area contributed by atoms with Gasteiger partial charge >= 0.3 is 0 Å². The molecule has 0 spiro atoms. The van der Waals surface area contributed by atoms with Crippen LogP contribution in [-0.2, 0) is 4.79 Å². The number of hydrogen-bond donors (Lipinski definition) is 1. The van der Waals surface area contributed by atoms with E-state index in [-0.39, 0.29) is 11.9 Å². The Morgan fingerprint density at radius 1 is 1.00 bits per heavy atom. The first kappa shape index (κ1) is 17.1. The maximum Gasteiger partial charge on any atom is 0.261 e. The average Bonchev–Trinajstić information content (AvgIpc) is 2.59. The topological polar surface area (TPSA) is 38.3 Å². The first-order valence-electron chi connectivity index (χ1n) is 8.23. The van der Waals surface area contributed by atoms with Crippen molar-refractivity contribution in [3.05, 3.63) is 65.7 Å². The zero-order valence-electron chi connectivity index (χ0n) is 14.1. The van der Waals surface area contributed by atoms with Gasteiger partial charge in [0, 0.05) is 0 Å². The molecule has 0 radical (unpaired) electrons. The zero-order valence-corrected chi connectivity index (χ0v) is 14.1. The molecule has 0 saturated heterocycles. The lowest BCUT2D eigenvalue weighted by atomic mass is 10.0. The number of nitrogens with one attached hydrogen (secondary N) is 1. The van der Waals surface area contributed by atoms with E-state index >= 15 is 0 Å². The molecule has 2 aromatic rings. The summed E-state index contributed by atoms with van der Waals surface area (Å²) in [5, 5.41) is 3.11. The molecule has 0 saturated carbocycles. The molecule has 1 N–H and O–H groups in total. The van der Waals surface area contributed by atoms with Gasteiger partial charge in [-0.15, -0.1) is 0 Å². The first-order chi connectivity index (χ1) is 11.2. The predicted molar refractivity (Wildman–Crippen MR) is 93.5 cm³/mol. The number of carbonyl (C=O) groups is 1. The second kappa shape index (κ2) is 8.37. The van der Waals surface area contributed by atoms with Gasteiger partial charge < -0.3 is 10.1 Å². The van der Waals surface area contributed by atoms with Crippen molar-refractivity contribution in [3.8, 4) is 5.75 Å². The lowest BCUT2D eigenvalue weighted by Gasteiger charge is -2.23. The summed E-state index contributed by atoms with van der Waals surface area (Å²) in [7, 11) is 0. The van der Waals surface area contributed by atoms with Crippen molar-refractivity contribution >= 4 is 5.91 Å². The van der Waals surface area contributed by atoms with Crippen LogP contribution in [0.15, 0.2) is 54.6 Å². The van der Waals surface area contributed by atoms with E-state index in [2.05, 4.69) is 12.2 Å². The highest BCUT2D eigenvalue weighted by Gasteiger charge is 2.22. The molecule has 0 aliphatic heterocycles. The summed E-state index contributed by atoms with van der Waals surface area (Å²) in [5.41, 5.74) is 2.16. The van der Waals surface area contributed by atoms with E-state index < -0.39 is 6.10 Å². The minimum Gasteiger partial charge on any atom is -0.480 e. The van der Waals surface area contributed by atoms with E-state index in [4.69, 9.17) is 4.74 Å². The molecule has 2 rings (SSSR count). The van der Waals surface area contributed by atoms with Crippen molar-refractivity contribution in [2.24, 2.45) is 0 Å². The van der Waals surface area contributed by atoms with Gasteiger partial charge in [-0.1, -0.05) is 62.4 Å². The predicted octanol–water partition coefficient (Wildman–Crippen LogP) is 4.42. The van der Waals surface area contributed by atoms with Gasteiger partial charge in [-0.2, -0.15) is 0 Å². The molecule has 23 heavy (non-hydrogen) atoms. The van der Waals surface area contributed by atoms with Crippen molar-refractivity contribution in [3.63, 3.8) is 0 Å². The second-order valence-electron chi connectivity index (χ2n) is 5.66. The van der Waals surface area contributed by atoms with Crippen molar-refractivity contribution in [2.75, 3.05) is 0 Å². The Bertz CT molecular complexity index is 625. The Morgan fingerprint density at radius 3 is 2.26 bits per heavy atom. The minimum absolute atomic E-state index is 0.0122. The molecular weight excluding hydrogens is 286 g/mol. The fourth-order valence-corrected chi connectivity index (χ4v) is 2.54. The monoisotopic (exact) mass is 311 g/mol. The molecule has 0 aliphatic carbocycles. The number of para-hydroxylation sites is 1. The second-order valence-corrected chi connectivity index (χ2v) is 5.66. The molecule has 1 amide bonds. The third-order valence-corrected chi connectivity index (χ3v) is 3.95. The van der Waals surface area contributed by atoms with Crippen molar-refractivity contribution in [2.45, 2.75) is 45.8 Å². The summed E-state index contributed by atoms with van der Waals surface area (Å²) in [4.78, 5) is 12.6. The van der Waals surface area contributed by atoms with E-state index in [1.54, 1.807) is 0 Å². The highest BCUT2D eigenvalue weighted by Crippen LogP contribution is 2.20. The van der Waals surface area contributed by atoms with E-state index in [1.807, 2.05) is 68.4 Å². The van der Waals surface area contributed by atoms with Crippen LogP contribution >= 0.6 is 0 Å². The molecule has 2 aromatic carbocycles. The van der Waals surface area contributed by atoms with Gasteiger partial charge in [0.2, 0.25) is 0 Å². The van der Waals surface area contributed by atoms with Crippen molar-refractivity contribution < 1.29 is 9.53 Å². The van der Waals surface area contributed by atoms with Gasteiger partial charge in [0.15, 0.2) is 6.10 Å². The summed E-state index contributed by atoms with van der Waals surface area (Å²) in [6.45, 7) is 6.02. The van der Waals surface area contributed by atoms with Crippen LogP contribution in [0.2, 0.25) is 0 Å². The van der Waals surface area contributed by atoms with Crippen molar-refractivity contribution in [1.82, 2.24) is 5.32 Å². The van der Waals surface area contributed by atoms with Crippen molar-refractivity contribution in [1.29, 1.82) is 0 Å². The molecule has 3 nitrogen and oxygen atoms in total. The minimum atomic E-state index is -0.478. The van der Waals surface area contributed by atoms with Crippen LogP contribution in [0.3, 0.4) is 0 Å². The van der Waals surface area contributed by atoms with E-state index in [9.17, 15) is 4.79 Å². The molecule has 0 bridgehead atoms. The molecular formula is C20H25NO2. The summed E-state index contributed by atoms with van der Waals surface area (Å²) < 4.78 is 5.93. The molecule has 0 aliphatic rings. The lowest BCUT2D eigenvalue weighted by Crippen LogP contribution is -2.40. The molecule has 2 unspecified atom stereocenters. The average molecular weight is 311 g/mol. The molecule has 0 aromatic heterocycles. The quantitative estimate of drug-likeness (QED) is 0.822. The van der Waals surface area contributed by atoms with E-state index in [0.29, 0.717) is 6.42 Å². The Morgan fingerprint density at radius 2 is 1.65 bits per heavy atom. The third kappa shape index (κ3) is 4.59. The molecule has 3 heteroatoms. The smallest absolute Gasteiger partial charge is 0.261 e. The number of benzene rings is 2. The van der Waals surface area contributed by atoms with Crippen LogP contribution in [0.5, 0.6) is 5.75 Å². The summed E-state index contributed by atoms with van der Waals surface area (Å²) in [6, 6.07) is 17.8. The van der Waals surface area contributed by atoms with Gasteiger partial charge in [0.1, 0.15) is 5.75 Å². The molecule has 0 heterocycles. The number of hydrogen-bond acceptors (Lipinski definition) is 2. The Kier molecular flexibility index (Phi) is 6.21. The number of ether oxygens (including phenoxy) is 1. The molecule has 0 fully saturated rings. The van der Waals surface area contributed by atoms with Gasteiger partial charge in [0.25, 0.3) is 5.91 Å². The van der Waals surface area contributed by atoms with Crippen LogP contribution in [0, 0.1) is 6.92 Å². The lowest BCUT2D eigenvalue weighted by molar-refractivity contribution is -0.129.